The summed E-state index contributed by atoms with van der Waals surface area (Å²) in [6.45, 7) is 0. The molecule has 2 heterocycles. The number of thiophene rings is 1. The smallest absolute Gasteiger partial charge is 0.253 e. The topological polar surface area (TPSA) is 70.7 Å². The molecule has 0 unspecified atom stereocenters. The van der Waals surface area contributed by atoms with Crippen molar-refractivity contribution in [2.24, 2.45) is 0 Å². The first kappa shape index (κ1) is 13.8. The Morgan fingerprint density at radius 2 is 2.14 bits per heavy atom. The number of H-pyrrole nitrogens is 1. The Hall–Kier alpha value is -2.18. The van der Waals surface area contributed by atoms with Crippen LogP contribution in [0.2, 0.25) is 4.34 Å². The molecule has 2 N–H and O–H groups in total. The Morgan fingerprint density at radius 3 is 2.76 bits per heavy atom. The minimum atomic E-state index is -0.389. The average molecular weight is 319 g/mol. The first-order valence-electron chi connectivity index (χ1n) is 6.19. The summed E-state index contributed by atoms with van der Waals surface area (Å²) >= 11 is 7.19. The van der Waals surface area contributed by atoms with E-state index < -0.39 is 0 Å². The van der Waals surface area contributed by atoms with Crippen LogP contribution >= 0.6 is 22.9 Å². The van der Waals surface area contributed by atoms with E-state index in [2.05, 4.69) is 20.5 Å². The van der Waals surface area contributed by atoms with E-state index in [0.717, 1.165) is 5.56 Å². The molecule has 1 amide bonds. The number of carbonyl (C=O) groups excluding carboxylic acids is 1. The van der Waals surface area contributed by atoms with Crippen molar-refractivity contribution >= 4 is 28.8 Å². The monoisotopic (exact) mass is 318 g/mol. The van der Waals surface area contributed by atoms with Crippen molar-refractivity contribution in [3.8, 4) is 0 Å². The maximum atomic E-state index is 12.3. The van der Waals surface area contributed by atoms with E-state index in [-0.39, 0.29) is 11.9 Å². The second-order valence-electron chi connectivity index (χ2n) is 4.33. The van der Waals surface area contributed by atoms with Crippen LogP contribution in [0.4, 0.5) is 0 Å². The van der Waals surface area contributed by atoms with Gasteiger partial charge in [0.25, 0.3) is 5.91 Å². The largest absolute Gasteiger partial charge is 0.338 e. The van der Waals surface area contributed by atoms with Crippen molar-refractivity contribution in [3.63, 3.8) is 0 Å². The van der Waals surface area contributed by atoms with Crippen LogP contribution in [0.25, 0.3) is 0 Å². The van der Waals surface area contributed by atoms with Crippen molar-refractivity contribution in [1.29, 1.82) is 0 Å². The summed E-state index contributed by atoms with van der Waals surface area (Å²) < 4.78 is 0.580. The molecule has 0 saturated carbocycles. The van der Waals surface area contributed by atoms with Gasteiger partial charge in [-0.3, -0.25) is 9.89 Å². The molecule has 106 valence electrons. The van der Waals surface area contributed by atoms with Crippen molar-refractivity contribution < 1.29 is 4.79 Å². The fourth-order valence-electron chi connectivity index (χ4n) is 1.95. The van der Waals surface area contributed by atoms with Gasteiger partial charge in [-0.2, -0.15) is 5.10 Å². The lowest BCUT2D eigenvalue weighted by atomic mass is 10.1. The van der Waals surface area contributed by atoms with E-state index in [0.29, 0.717) is 15.7 Å². The summed E-state index contributed by atoms with van der Waals surface area (Å²) in [5.41, 5.74) is 1.45. The molecule has 5 nitrogen and oxygen atoms in total. The Morgan fingerprint density at radius 1 is 1.33 bits per heavy atom. The zero-order valence-corrected chi connectivity index (χ0v) is 12.4. The Balaban J connectivity index is 1.88. The van der Waals surface area contributed by atoms with Crippen LogP contribution in [-0.2, 0) is 0 Å². The molecule has 0 spiro atoms. The summed E-state index contributed by atoms with van der Waals surface area (Å²) in [5.74, 6) is 0.374. The summed E-state index contributed by atoms with van der Waals surface area (Å²) in [4.78, 5) is 16.5. The van der Waals surface area contributed by atoms with Crippen molar-refractivity contribution in [1.82, 2.24) is 20.5 Å². The highest BCUT2D eigenvalue weighted by atomic mass is 35.5. The summed E-state index contributed by atoms with van der Waals surface area (Å²) in [5, 5.41) is 11.3. The maximum Gasteiger partial charge on any atom is 0.253 e. The predicted octanol–water partition coefficient (Wildman–Crippen LogP) is 3.04. The first-order valence-corrected chi connectivity index (χ1v) is 7.45. The quantitative estimate of drug-likeness (QED) is 0.776. The zero-order chi connectivity index (χ0) is 14.7. The van der Waals surface area contributed by atoms with E-state index >= 15 is 0 Å². The van der Waals surface area contributed by atoms with Gasteiger partial charge < -0.3 is 5.32 Å². The summed E-state index contributed by atoms with van der Waals surface area (Å²) in [6, 6.07) is 10.8. The number of hydrogen-bond acceptors (Lipinski definition) is 4. The van der Waals surface area contributed by atoms with Gasteiger partial charge in [0.2, 0.25) is 0 Å². The van der Waals surface area contributed by atoms with Gasteiger partial charge in [-0.25, -0.2) is 4.98 Å². The average Bonchev–Trinajstić information content (AvgIpc) is 3.17. The van der Waals surface area contributed by atoms with Gasteiger partial charge in [-0.05, 0) is 11.6 Å². The number of halogens is 1. The lowest BCUT2D eigenvalue weighted by Gasteiger charge is -2.16. The lowest BCUT2D eigenvalue weighted by molar-refractivity contribution is 0.0942. The molecular formula is C14H11ClN4OS. The minimum Gasteiger partial charge on any atom is -0.338 e. The Kier molecular flexibility index (Phi) is 3.98. The molecule has 1 aromatic carbocycles. The minimum absolute atomic E-state index is 0.205. The molecule has 0 fully saturated rings. The number of nitrogens with zero attached hydrogens (tertiary/aromatic N) is 2. The second-order valence-corrected chi connectivity index (χ2v) is 5.87. The van der Waals surface area contributed by atoms with Gasteiger partial charge in [-0.15, -0.1) is 11.3 Å². The molecule has 3 aromatic rings. The van der Waals surface area contributed by atoms with E-state index in [1.165, 1.54) is 17.7 Å². The maximum absolute atomic E-state index is 12.3. The first-order chi connectivity index (χ1) is 10.2. The second kappa shape index (κ2) is 6.07. The number of nitrogens with one attached hydrogen (secondary N) is 2. The molecule has 0 saturated heterocycles. The number of amides is 1. The number of carbonyl (C=O) groups is 1. The molecular weight excluding hydrogens is 308 g/mol. The van der Waals surface area contributed by atoms with Crippen LogP contribution in [-0.4, -0.2) is 21.1 Å². The van der Waals surface area contributed by atoms with Gasteiger partial charge in [-0.1, -0.05) is 41.9 Å². The molecule has 0 aliphatic rings. The van der Waals surface area contributed by atoms with Crippen LogP contribution in [0.5, 0.6) is 0 Å². The third kappa shape index (κ3) is 3.12. The molecule has 0 aliphatic heterocycles. The standard InChI is InChI=1S/C14H11ClN4OS/c15-11-6-10(7-21-11)14(20)18-12(13-16-8-17-19-13)9-4-2-1-3-5-9/h1-8,12H,(H,18,20)(H,16,17,19)/t12-/m0/s1. The van der Waals surface area contributed by atoms with Crippen molar-refractivity contribution in [2.45, 2.75) is 6.04 Å². The molecule has 0 aliphatic carbocycles. The summed E-state index contributed by atoms with van der Waals surface area (Å²) in [6.07, 6.45) is 1.42. The highest BCUT2D eigenvalue weighted by molar-refractivity contribution is 7.14. The molecule has 0 radical (unpaired) electrons. The highest BCUT2D eigenvalue weighted by Gasteiger charge is 2.20. The Bertz CT molecular complexity index is 727. The normalized spacial score (nSPS) is 12.0. The number of rotatable bonds is 4. The fraction of sp³-hybridized carbons (Fsp3) is 0.0714. The zero-order valence-electron chi connectivity index (χ0n) is 10.8. The molecule has 3 rings (SSSR count). The fourth-order valence-corrected chi connectivity index (χ4v) is 2.81. The number of aromatic nitrogens is 3. The van der Waals surface area contributed by atoms with Gasteiger partial charge in [0, 0.05) is 5.38 Å². The summed E-state index contributed by atoms with van der Waals surface area (Å²) in [7, 11) is 0. The Labute approximate surface area is 130 Å². The van der Waals surface area contributed by atoms with E-state index in [1.54, 1.807) is 11.4 Å². The van der Waals surface area contributed by atoms with E-state index in [9.17, 15) is 4.79 Å². The lowest BCUT2D eigenvalue weighted by Crippen LogP contribution is -2.29. The number of hydrogen-bond donors (Lipinski definition) is 2. The number of benzene rings is 1. The van der Waals surface area contributed by atoms with Gasteiger partial charge in [0.1, 0.15) is 12.4 Å². The van der Waals surface area contributed by atoms with E-state index in [4.69, 9.17) is 11.6 Å². The van der Waals surface area contributed by atoms with Crippen LogP contribution in [0.15, 0.2) is 48.1 Å². The molecule has 21 heavy (non-hydrogen) atoms. The SMILES string of the molecule is O=C(N[C@@H](c1ccccc1)c1ncn[nH]1)c1csc(Cl)c1. The third-order valence-corrected chi connectivity index (χ3v) is 4.04. The van der Waals surface area contributed by atoms with Crippen LogP contribution in [0, 0.1) is 0 Å². The van der Waals surface area contributed by atoms with Crippen molar-refractivity contribution in [2.75, 3.05) is 0 Å². The molecule has 0 bridgehead atoms. The predicted molar refractivity (Wildman–Crippen MR) is 81.5 cm³/mol. The third-order valence-electron chi connectivity index (χ3n) is 2.95. The van der Waals surface area contributed by atoms with Crippen molar-refractivity contribution in [3.05, 3.63) is 69.4 Å². The number of aromatic amines is 1. The van der Waals surface area contributed by atoms with Gasteiger partial charge >= 0.3 is 0 Å². The van der Waals surface area contributed by atoms with Crippen LogP contribution in [0.1, 0.15) is 27.8 Å². The van der Waals surface area contributed by atoms with E-state index in [1.807, 2.05) is 30.3 Å². The van der Waals surface area contributed by atoms with Gasteiger partial charge in [0.05, 0.1) is 9.90 Å². The van der Waals surface area contributed by atoms with Crippen LogP contribution in [0.3, 0.4) is 0 Å². The van der Waals surface area contributed by atoms with Gasteiger partial charge in [0.15, 0.2) is 5.82 Å². The molecule has 2 aromatic heterocycles. The molecule has 7 heteroatoms. The highest BCUT2D eigenvalue weighted by Crippen LogP contribution is 2.22. The molecule has 1 atom stereocenters. The van der Waals surface area contributed by atoms with Crippen LogP contribution < -0.4 is 5.32 Å².